The number of aromatic hydroxyl groups is 1. The molecule has 0 saturated carbocycles. The Balaban J connectivity index is 0.00000196. The molecule has 0 unspecified atom stereocenters. The van der Waals surface area contributed by atoms with Crippen LogP contribution in [-0.4, -0.2) is 12.2 Å². The van der Waals surface area contributed by atoms with Gasteiger partial charge < -0.3 is 15.6 Å². The molecule has 5 heteroatoms. The lowest BCUT2D eigenvalue weighted by Gasteiger charge is -2.13. The monoisotopic (exact) mass is 235 g/mol. The third-order valence-electron chi connectivity index (χ3n) is 2.13. The van der Waals surface area contributed by atoms with Gasteiger partial charge in [0.25, 0.3) is 0 Å². The Kier molecular flexibility index (Phi) is 5.39. The summed E-state index contributed by atoms with van der Waals surface area (Å²) in [6.45, 7) is 1.86. The zero-order chi connectivity index (χ0) is 10.7. The minimum absolute atomic E-state index is 0. The van der Waals surface area contributed by atoms with Crippen molar-refractivity contribution < 1.29 is 14.2 Å². The van der Waals surface area contributed by atoms with Crippen LogP contribution < -0.4 is 10.5 Å². The fourth-order valence-corrected chi connectivity index (χ4v) is 1.25. The van der Waals surface area contributed by atoms with Gasteiger partial charge in [-0.05, 0) is 12.5 Å². The van der Waals surface area contributed by atoms with Crippen molar-refractivity contribution in [3.05, 3.63) is 23.5 Å². The van der Waals surface area contributed by atoms with E-state index in [4.69, 9.17) is 10.5 Å². The van der Waals surface area contributed by atoms with Crippen LogP contribution >= 0.6 is 12.4 Å². The number of methoxy groups -OCH3 is 1. The number of ether oxygens (including phenoxy) is 1. The quantitative estimate of drug-likeness (QED) is 0.846. The highest BCUT2D eigenvalue weighted by molar-refractivity contribution is 5.85. The van der Waals surface area contributed by atoms with Crippen LogP contribution in [0.25, 0.3) is 0 Å². The molecule has 0 radical (unpaired) electrons. The molecule has 86 valence electrons. The standard InChI is InChI=1S/C10H14FNO2.ClH/c1-3-8(12)7-4-6(11)5-9(14-2)10(7)13;/h4-5,8,13H,3,12H2,1-2H3;1H/t8-;/m0./s1. The maximum absolute atomic E-state index is 13.0. The highest BCUT2D eigenvalue weighted by atomic mass is 35.5. The number of nitrogens with two attached hydrogens (primary N) is 1. The first-order valence-electron chi connectivity index (χ1n) is 4.42. The molecule has 0 fully saturated rings. The lowest BCUT2D eigenvalue weighted by Crippen LogP contribution is -2.09. The van der Waals surface area contributed by atoms with Gasteiger partial charge in [0.1, 0.15) is 5.82 Å². The largest absolute Gasteiger partial charge is 0.504 e. The van der Waals surface area contributed by atoms with Crippen LogP contribution in [-0.2, 0) is 0 Å². The molecule has 0 bridgehead atoms. The van der Waals surface area contributed by atoms with Crippen molar-refractivity contribution in [3.8, 4) is 11.5 Å². The number of hydrogen-bond acceptors (Lipinski definition) is 3. The van der Waals surface area contributed by atoms with E-state index in [1.54, 1.807) is 0 Å². The Morgan fingerprint density at radius 3 is 2.60 bits per heavy atom. The summed E-state index contributed by atoms with van der Waals surface area (Å²) in [5.74, 6) is -0.425. The van der Waals surface area contributed by atoms with E-state index >= 15 is 0 Å². The molecule has 0 aliphatic rings. The maximum Gasteiger partial charge on any atom is 0.163 e. The second-order valence-corrected chi connectivity index (χ2v) is 3.06. The predicted molar refractivity (Wildman–Crippen MR) is 59.1 cm³/mol. The predicted octanol–water partition coefficient (Wildman–Crippen LogP) is 2.37. The third kappa shape index (κ3) is 2.97. The van der Waals surface area contributed by atoms with Crippen molar-refractivity contribution >= 4 is 12.4 Å². The Morgan fingerprint density at radius 1 is 1.53 bits per heavy atom. The van der Waals surface area contributed by atoms with Crippen LogP contribution in [0.5, 0.6) is 11.5 Å². The van der Waals surface area contributed by atoms with Gasteiger partial charge in [-0.3, -0.25) is 0 Å². The van der Waals surface area contributed by atoms with Crippen molar-refractivity contribution in [2.75, 3.05) is 7.11 Å². The summed E-state index contributed by atoms with van der Waals surface area (Å²) in [7, 11) is 1.37. The zero-order valence-corrected chi connectivity index (χ0v) is 9.47. The van der Waals surface area contributed by atoms with Gasteiger partial charge in [-0.25, -0.2) is 4.39 Å². The Morgan fingerprint density at radius 2 is 2.13 bits per heavy atom. The Labute approximate surface area is 94.5 Å². The average molecular weight is 236 g/mol. The molecular weight excluding hydrogens is 221 g/mol. The topological polar surface area (TPSA) is 55.5 Å². The van der Waals surface area contributed by atoms with Crippen LogP contribution in [0.1, 0.15) is 24.9 Å². The molecule has 3 nitrogen and oxygen atoms in total. The van der Waals surface area contributed by atoms with Gasteiger partial charge >= 0.3 is 0 Å². The second-order valence-electron chi connectivity index (χ2n) is 3.06. The molecule has 0 aromatic heterocycles. The molecule has 0 aliphatic carbocycles. The van der Waals surface area contributed by atoms with E-state index in [0.717, 1.165) is 6.07 Å². The number of phenols is 1. The summed E-state index contributed by atoms with van der Waals surface area (Å²) in [5.41, 5.74) is 6.08. The molecular formula is C10H15ClFNO2. The summed E-state index contributed by atoms with van der Waals surface area (Å²) < 4.78 is 17.9. The van der Waals surface area contributed by atoms with E-state index in [1.807, 2.05) is 6.92 Å². The first-order valence-corrected chi connectivity index (χ1v) is 4.42. The molecule has 15 heavy (non-hydrogen) atoms. The second kappa shape index (κ2) is 5.78. The van der Waals surface area contributed by atoms with Crippen LogP contribution in [0, 0.1) is 5.82 Å². The van der Waals surface area contributed by atoms with Gasteiger partial charge in [0.2, 0.25) is 0 Å². The molecule has 1 aromatic rings. The van der Waals surface area contributed by atoms with Gasteiger partial charge in [-0.15, -0.1) is 12.4 Å². The summed E-state index contributed by atoms with van der Waals surface area (Å²) in [6.07, 6.45) is 0.625. The third-order valence-corrected chi connectivity index (χ3v) is 2.13. The average Bonchev–Trinajstić information content (AvgIpc) is 2.19. The first kappa shape index (κ1) is 14.0. The van der Waals surface area contributed by atoms with Crippen molar-refractivity contribution in [1.29, 1.82) is 0 Å². The van der Waals surface area contributed by atoms with Crippen LogP contribution in [0.2, 0.25) is 0 Å². The van der Waals surface area contributed by atoms with E-state index in [9.17, 15) is 9.50 Å². The highest BCUT2D eigenvalue weighted by Gasteiger charge is 2.15. The maximum atomic E-state index is 13.0. The first-order chi connectivity index (χ1) is 6.60. The summed E-state index contributed by atoms with van der Waals surface area (Å²) >= 11 is 0. The van der Waals surface area contributed by atoms with Gasteiger partial charge in [-0.2, -0.15) is 0 Å². The Hall–Kier alpha value is -1.000. The fraction of sp³-hybridized carbons (Fsp3) is 0.400. The van der Waals surface area contributed by atoms with Crippen molar-refractivity contribution in [2.45, 2.75) is 19.4 Å². The molecule has 0 saturated heterocycles. The van der Waals surface area contributed by atoms with Crippen molar-refractivity contribution in [3.63, 3.8) is 0 Å². The normalized spacial score (nSPS) is 11.7. The number of benzene rings is 1. The van der Waals surface area contributed by atoms with E-state index in [1.165, 1.54) is 13.2 Å². The van der Waals surface area contributed by atoms with Crippen molar-refractivity contribution in [1.82, 2.24) is 0 Å². The van der Waals surface area contributed by atoms with Crippen LogP contribution in [0.3, 0.4) is 0 Å². The summed E-state index contributed by atoms with van der Waals surface area (Å²) in [6, 6.07) is 1.98. The molecule has 0 amide bonds. The zero-order valence-electron chi connectivity index (χ0n) is 8.66. The van der Waals surface area contributed by atoms with Gasteiger partial charge in [0.15, 0.2) is 11.5 Å². The van der Waals surface area contributed by atoms with E-state index < -0.39 is 5.82 Å². The molecule has 0 heterocycles. The van der Waals surface area contributed by atoms with Gasteiger partial charge in [-0.1, -0.05) is 6.92 Å². The molecule has 3 N–H and O–H groups in total. The molecule has 0 spiro atoms. The fourth-order valence-electron chi connectivity index (χ4n) is 1.25. The van der Waals surface area contributed by atoms with Crippen LogP contribution in [0.15, 0.2) is 12.1 Å². The Bertz CT molecular complexity index is 333. The van der Waals surface area contributed by atoms with Crippen LogP contribution in [0.4, 0.5) is 4.39 Å². The molecule has 1 rings (SSSR count). The number of halogens is 2. The van der Waals surface area contributed by atoms with E-state index in [-0.39, 0.29) is 29.9 Å². The number of hydrogen-bond donors (Lipinski definition) is 2. The highest BCUT2D eigenvalue weighted by Crippen LogP contribution is 2.34. The van der Waals surface area contributed by atoms with E-state index in [2.05, 4.69) is 0 Å². The molecule has 0 aliphatic heterocycles. The lowest BCUT2D eigenvalue weighted by molar-refractivity contribution is 0.364. The van der Waals surface area contributed by atoms with E-state index in [0.29, 0.717) is 12.0 Å². The smallest absolute Gasteiger partial charge is 0.163 e. The minimum atomic E-state index is -0.460. The van der Waals surface area contributed by atoms with Gasteiger partial charge in [0, 0.05) is 17.7 Å². The molecule has 1 aromatic carbocycles. The SMILES string of the molecule is CC[C@H](N)c1cc(F)cc(OC)c1O.Cl. The summed E-state index contributed by atoms with van der Waals surface area (Å²) in [5, 5.41) is 9.64. The number of rotatable bonds is 3. The lowest BCUT2D eigenvalue weighted by atomic mass is 10.0. The van der Waals surface area contributed by atoms with Gasteiger partial charge in [0.05, 0.1) is 7.11 Å². The van der Waals surface area contributed by atoms with Crippen molar-refractivity contribution in [2.24, 2.45) is 5.73 Å². The number of phenolic OH excluding ortho intramolecular Hbond substituents is 1. The molecule has 1 atom stereocenters. The summed E-state index contributed by atoms with van der Waals surface area (Å²) in [4.78, 5) is 0. The minimum Gasteiger partial charge on any atom is -0.504 e.